The highest BCUT2D eigenvalue weighted by molar-refractivity contribution is 6.36. The molecule has 1 aliphatic heterocycles. The summed E-state index contributed by atoms with van der Waals surface area (Å²) in [4.78, 5) is 43.8. The van der Waals surface area contributed by atoms with Crippen LogP contribution in [0.3, 0.4) is 0 Å². The van der Waals surface area contributed by atoms with Crippen molar-refractivity contribution >= 4 is 29.0 Å². The maximum atomic E-state index is 12.9. The fourth-order valence-corrected chi connectivity index (χ4v) is 5.31. The molecular weight excluding hydrogens is 542 g/mol. The molecule has 0 aliphatic carbocycles. The second kappa shape index (κ2) is 11.6. The average Bonchev–Trinajstić information content (AvgIpc) is 2.93. The van der Waals surface area contributed by atoms with Gasteiger partial charge in [0, 0.05) is 61.2 Å². The van der Waals surface area contributed by atoms with Crippen LogP contribution in [-0.2, 0) is 18.4 Å². The summed E-state index contributed by atoms with van der Waals surface area (Å²) in [5.41, 5.74) is 4.84. The van der Waals surface area contributed by atoms with Crippen LogP contribution in [0.25, 0.3) is 22.4 Å². The van der Waals surface area contributed by atoms with E-state index in [0.29, 0.717) is 28.8 Å². The summed E-state index contributed by atoms with van der Waals surface area (Å²) < 4.78 is 6.73. The molecule has 0 unspecified atom stereocenters. The van der Waals surface area contributed by atoms with Gasteiger partial charge in [-0.05, 0) is 43.2 Å². The number of amides is 1. The zero-order valence-corrected chi connectivity index (χ0v) is 24.0. The average molecular weight is 572 g/mol. The van der Waals surface area contributed by atoms with E-state index < -0.39 is 11.5 Å². The Morgan fingerprint density at radius 3 is 2.49 bits per heavy atom. The molecule has 0 radical (unpaired) electrons. The number of nitrogens with one attached hydrogen (secondary N) is 1. The van der Waals surface area contributed by atoms with Crippen LogP contribution in [0.2, 0.25) is 5.02 Å². The molecule has 2 aromatic carbocycles. The summed E-state index contributed by atoms with van der Waals surface area (Å²) in [6, 6.07) is 16.6. The number of nitrogens with zero attached hydrogens (tertiary/aromatic N) is 4. The van der Waals surface area contributed by atoms with Crippen LogP contribution in [0, 0.1) is 12.8 Å². The molecule has 1 aliphatic rings. The highest BCUT2D eigenvalue weighted by Gasteiger charge is 2.30. The second-order valence-corrected chi connectivity index (χ2v) is 10.5. The third-order valence-electron chi connectivity index (χ3n) is 7.46. The number of aromatic nitrogens is 3. The van der Waals surface area contributed by atoms with E-state index in [-0.39, 0.29) is 17.3 Å². The third kappa shape index (κ3) is 5.64. The number of aryl methyl sites for hydroxylation is 1. The van der Waals surface area contributed by atoms with Crippen molar-refractivity contribution in [1.29, 1.82) is 0 Å². The van der Waals surface area contributed by atoms with Crippen molar-refractivity contribution in [1.82, 2.24) is 19.7 Å². The molecule has 0 spiro atoms. The van der Waals surface area contributed by atoms with E-state index in [0.717, 1.165) is 45.6 Å². The van der Waals surface area contributed by atoms with Gasteiger partial charge < -0.3 is 10.1 Å². The van der Waals surface area contributed by atoms with E-state index in [4.69, 9.17) is 21.3 Å². The van der Waals surface area contributed by atoms with Gasteiger partial charge in [0.1, 0.15) is 11.3 Å². The normalized spacial score (nSPS) is 13.5. The summed E-state index contributed by atoms with van der Waals surface area (Å²) in [6.45, 7) is 5.66. The van der Waals surface area contributed by atoms with Gasteiger partial charge in [0.25, 0.3) is 11.5 Å². The molecule has 1 fully saturated rings. The first-order chi connectivity index (χ1) is 19.7. The SMILES string of the molecule is COc1nc(-c2cccc(-c3cccc(NC(=O)c4ccnn(C)c4=O)c3C)c2Cl)ccc1CN1CC(C(C)=O)C1. The molecule has 10 heteroatoms. The van der Waals surface area contributed by atoms with E-state index in [1.165, 1.54) is 19.3 Å². The first kappa shape index (κ1) is 28.2. The maximum Gasteiger partial charge on any atom is 0.279 e. The van der Waals surface area contributed by atoms with E-state index in [2.05, 4.69) is 15.3 Å². The number of ketones is 1. The summed E-state index contributed by atoms with van der Waals surface area (Å²) in [6.07, 6.45) is 1.41. The molecule has 4 aromatic rings. The minimum Gasteiger partial charge on any atom is -0.481 e. The number of anilines is 1. The van der Waals surface area contributed by atoms with E-state index in [9.17, 15) is 14.4 Å². The van der Waals surface area contributed by atoms with Crippen LogP contribution in [0.4, 0.5) is 5.69 Å². The maximum absolute atomic E-state index is 12.9. The number of carbonyl (C=O) groups excluding carboxylic acids is 2. The molecule has 1 N–H and O–H groups in total. The van der Waals surface area contributed by atoms with E-state index >= 15 is 0 Å². The second-order valence-electron chi connectivity index (χ2n) is 10.1. The zero-order valence-electron chi connectivity index (χ0n) is 23.3. The number of carbonyl (C=O) groups is 2. The fourth-order valence-electron chi connectivity index (χ4n) is 4.98. The largest absolute Gasteiger partial charge is 0.481 e. The molecule has 1 amide bonds. The molecule has 2 aromatic heterocycles. The smallest absolute Gasteiger partial charge is 0.279 e. The van der Waals surface area contributed by atoms with E-state index in [1.807, 2.05) is 49.4 Å². The third-order valence-corrected chi connectivity index (χ3v) is 7.86. The molecular formula is C31H30ClN5O4. The lowest BCUT2D eigenvalue weighted by molar-refractivity contribution is -0.126. The number of hydrogen-bond donors (Lipinski definition) is 1. The molecule has 0 bridgehead atoms. The fraction of sp³-hybridized carbons (Fsp3) is 0.258. The quantitative estimate of drug-likeness (QED) is 0.325. The minimum atomic E-state index is -0.514. The first-order valence-corrected chi connectivity index (χ1v) is 13.5. The summed E-state index contributed by atoms with van der Waals surface area (Å²) >= 11 is 6.98. The Balaban J connectivity index is 1.42. The Morgan fingerprint density at radius 2 is 1.76 bits per heavy atom. The number of likely N-dealkylation sites (tertiary alicyclic amines) is 1. The van der Waals surface area contributed by atoms with Gasteiger partial charge in [-0.2, -0.15) is 5.10 Å². The Bertz CT molecular complexity index is 1710. The van der Waals surface area contributed by atoms with Crippen molar-refractivity contribution in [3.05, 3.63) is 92.9 Å². The number of methoxy groups -OCH3 is 1. The lowest BCUT2D eigenvalue weighted by Gasteiger charge is -2.37. The van der Waals surface area contributed by atoms with Crippen LogP contribution >= 0.6 is 11.6 Å². The predicted octanol–water partition coefficient (Wildman–Crippen LogP) is 4.75. The van der Waals surface area contributed by atoms with Gasteiger partial charge in [-0.25, -0.2) is 9.67 Å². The molecule has 0 atom stereocenters. The number of benzene rings is 2. The number of halogens is 1. The molecule has 0 saturated carbocycles. The van der Waals surface area contributed by atoms with Crippen molar-refractivity contribution < 1.29 is 14.3 Å². The number of pyridine rings is 1. The Kier molecular flexibility index (Phi) is 8.01. The van der Waals surface area contributed by atoms with Gasteiger partial charge in [0.15, 0.2) is 0 Å². The van der Waals surface area contributed by atoms with Crippen LogP contribution in [0.15, 0.2) is 65.6 Å². The van der Waals surface area contributed by atoms with Crippen molar-refractivity contribution in [2.75, 3.05) is 25.5 Å². The first-order valence-electron chi connectivity index (χ1n) is 13.2. The Hall–Kier alpha value is -4.34. The van der Waals surface area contributed by atoms with Gasteiger partial charge in [-0.1, -0.05) is 48.0 Å². The molecule has 210 valence electrons. The van der Waals surface area contributed by atoms with Crippen molar-refractivity contribution in [3.8, 4) is 28.3 Å². The molecule has 1 saturated heterocycles. The predicted molar refractivity (Wildman–Crippen MR) is 158 cm³/mol. The Morgan fingerprint density at radius 1 is 1.05 bits per heavy atom. The number of hydrogen-bond acceptors (Lipinski definition) is 7. The van der Waals surface area contributed by atoms with E-state index in [1.54, 1.807) is 20.1 Å². The van der Waals surface area contributed by atoms with Crippen molar-refractivity contribution in [3.63, 3.8) is 0 Å². The van der Waals surface area contributed by atoms with Crippen LogP contribution in [0.1, 0.15) is 28.4 Å². The molecule has 9 nitrogen and oxygen atoms in total. The topological polar surface area (TPSA) is 106 Å². The Labute approximate surface area is 242 Å². The van der Waals surface area contributed by atoms with Gasteiger partial charge in [-0.3, -0.25) is 19.3 Å². The van der Waals surface area contributed by atoms with Gasteiger partial charge in [0.05, 0.1) is 17.8 Å². The van der Waals surface area contributed by atoms with Gasteiger partial charge in [-0.15, -0.1) is 0 Å². The summed E-state index contributed by atoms with van der Waals surface area (Å²) in [5.74, 6) is 0.324. The lowest BCUT2D eigenvalue weighted by atomic mass is 9.95. The highest BCUT2D eigenvalue weighted by atomic mass is 35.5. The number of ether oxygens (including phenoxy) is 1. The number of Topliss-reactive ketones (excluding diaryl/α,β-unsaturated/α-hetero) is 1. The number of rotatable bonds is 8. The minimum absolute atomic E-state index is 0.00331. The van der Waals surface area contributed by atoms with Gasteiger partial charge in [0.2, 0.25) is 5.88 Å². The highest BCUT2D eigenvalue weighted by Crippen LogP contribution is 2.39. The molecule has 5 rings (SSSR count). The standard InChI is InChI=1S/C31H30ClN5O4/c1-18-22(7-6-10-26(18)34-29(39)25-13-14-33-36(3)31(25)40)23-8-5-9-24(28(23)32)27-12-11-20(30(35-27)41-4)15-37-16-21(17-37)19(2)38/h5-14,21H,15-17H2,1-4H3,(H,34,39). The summed E-state index contributed by atoms with van der Waals surface area (Å²) in [7, 11) is 3.09. The zero-order chi connectivity index (χ0) is 29.3. The monoisotopic (exact) mass is 571 g/mol. The van der Waals surface area contributed by atoms with Crippen molar-refractivity contribution in [2.24, 2.45) is 13.0 Å². The molecule has 41 heavy (non-hydrogen) atoms. The van der Waals surface area contributed by atoms with Crippen LogP contribution in [-0.4, -0.2) is 51.6 Å². The summed E-state index contributed by atoms with van der Waals surface area (Å²) in [5, 5.41) is 7.23. The lowest BCUT2D eigenvalue weighted by Crippen LogP contribution is -2.49. The van der Waals surface area contributed by atoms with Gasteiger partial charge >= 0.3 is 0 Å². The van der Waals surface area contributed by atoms with Crippen molar-refractivity contribution in [2.45, 2.75) is 20.4 Å². The molecule has 3 heterocycles. The van der Waals surface area contributed by atoms with Crippen LogP contribution < -0.4 is 15.6 Å². The van der Waals surface area contributed by atoms with Crippen LogP contribution in [0.5, 0.6) is 5.88 Å².